The molecule has 1 heterocycles. The van der Waals surface area contributed by atoms with Crippen LogP contribution in [-0.2, 0) is 4.74 Å². The van der Waals surface area contributed by atoms with E-state index in [9.17, 15) is 9.59 Å². The Morgan fingerprint density at radius 3 is 1.90 bits per heavy atom. The van der Waals surface area contributed by atoms with Crippen molar-refractivity contribution < 1.29 is 14.3 Å². The van der Waals surface area contributed by atoms with Gasteiger partial charge in [0, 0.05) is 5.56 Å². The number of carbonyl (C=O) groups is 2. The van der Waals surface area contributed by atoms with Crippen molar-refractivity contribution in [3.63, 3.8) is 0 Å². The van der Waals surface area contributed by atoms with Crippen molar-refractivity contribution in [2.75, 3.05) is 17.1 Å². The fourth-order valence-electron chi connectivity index (χ4n) is 2.85. The minimum atomic E-state index is -0.425. The molecule has 0 N–H and O–H groups in total. The first-order valence-corrected chi connectivity index (χ1v) is 8.90. The number of rotatable bonds is 4. The lowest BCUT2D eigenvalue weighted by atomic mass is 10.1. The summed E-state index contributed by atoms with van der Waals surface area (Å²) in [6, 6.07) is 24.6. The van der Waals surface area contributed by atoms with E-state index in [0.717, 1.165) is 0 Å². The average Bonchev–Trinajstić information content (AvgIpc) is 2.80. The highest BCUT2D eigenvalue weighted by molar-refractivity contribution is 6.13. The van der Waals surface area contributed by atoms with Crippen LogP contribution in [0.15, 0.2) is 90.0 Å². The number of ether oxygens (including phenoxy) is 1. The van der Waals surface area contributed by atoms with E-state index >= 15 is 0 Å². The molecule has 1 aliphatic rings. The summed E-state index contributed by atoms with van der Waals surface area (Å²) in [6.07, 6.45) is 0. The molecule has 143 valence electrons. The molecule has 0 saturated carbocycles. The van der Waals surface area contributed by atoms with Gasteiger partial charge in [-0.3, -0.25) is 0 Å². The Hall–Kier alpha value is -4.13. The first-order valence-electron chi connectivity index (χ1n) is 8.90. The van der Waals surface area contributed by atoms with Gasteiger partial charge in [0.05, 0.1) is 24.0 Å². The van der Waals surface area contributed by atoms with E-state index in [1.165, 1.54) is 17.1 Å². The van der Waals surface area contributed by atoms with Gasteiger partial charge in [-0.2, -0.15) is 10.0 Å². The highest BCUT2D eigenvalue weighted by Gasteiger charge is 2.32. The van der Waals surface area contributed by atoms with Gasteiger partial charge in [-0.1, -0.05) is 48.5 Å². The van der Waals surface area contributed by atoms with Crippen LogP contribution in [0.5, 0.6) is 0 Å². The van der Waals surface area contributed by atoms with Crippen LogP contribution in [-0.4, -0.2) is 24.9 Å². The summed E-state index contributed by atoms with van der Waals surface area (Å²) in [4.78, 5) is 24.8. The number of hydrazone groups is 1. The third kappa shape index (κ3) is 3.66. The van der Waals surface area contributed by atoms with Gasteiger partial charge in [-0.05, 0) is 36.4 Å². The summed E-state index contributed by atoms with van der Waals surface area (Å²) in [6.45, 7) is 0. The van der Waals surface area contributed by atoms with Crippen molar-refractivity contribution in [1.29, 1.82) is 0 Å². The third-order valence-corrected chi connectivity index (χ3v) is 4.32. The van der Waals surface area contributed by atoms with Crippen molar-refractivity contribution >= 4 is 29.2 Å². The number of amides is 2. The van der Waals surface area contributed by atoms with E-state index in [-0.39, 0.29) is 0 Å². The zero-order valence-electron chi connectivity index (χ0n) is 15.6. The zero-order valence-corrected chi connectivity index (χ0v) is 15.6. The molecule has 0 unspecified atom stereocenters. The molecule has 29 heavy (non-hydrogen) atoms. The molecule has 0 spiro atoms. The smallest absolute Gasteiger partial charge is 0.370 e. The molecule has 7 nitrogen and oxygen atoms in total. The minimum Gasteiger partial charge on any atom is -0.465 e. The fraction of sp³-hybridized carbons (Fsp3) is 0.0455. The lowest BCUT2D eigenvalue weighted by Gasteiger charge is -2.31. The van der Waals surface area contributed by atoms with E-state index in [2.05, 4.69) is 10.5 Å². The fourth-order valence-corrected chi connectivity index (χ4v) is 2.85. The summed E-state index contributed by atoms with van der Waals surface area (Å²) in [5.41, 5.74) is 6.77. The van der Waals surface area contributed by atoms with E-state index < -0.39 is 12.0 Å². The number of nitrogens with zero attached hydrogens (tertiary/aromatic N) is 4. The molecule has 3 aromatic rings. The molecule has 0 fully saturated rings. The molecule has 2 amide bonds. The Balaban J connectivity index is 1.75. The Kier molecular flexibility index (Phi) is 4.94. The topological polar surface area (TPSA) is 76.3 Å². The van der Waals surface area contributed by atoms with Crippen LogP contribution < -0.4 is 15.4 Å². The van der Waals surface area contributed by atoms with Gasteiger partial charge >= 0.3 is 12.0 Å². The predicted octanol–water partition coefficient (Wildman–Crippen LogP) is 3.80. The summed E-state index contributed by atoms with van der Waals surface area (Å²) in [5, 5.41) is 7.07. The molecule has 0 atom stereocenters. The number of hydrogen-bond donors (Lipinski definition) is 0. The van der Waals surface area contributed by atoms with Crippen LogP contribution in [0.3, 0.4) is 0 Å². The van der Waals surface area contributed by atoms with Crippen LogP contribution in [0.4, 0.5) is 16.2 Å². The van der Waals surface area contributed by atoms with Gasteiger partial charge in [-0.25, -0.2) is 9.59 Å². The largest absolute Gasteiger partial charge is 0.465 e. The average molecular weight is 385 g/mol. The SMILES string of the molecule is COC(=O)c1ccc(C2=NN(c3ccccc3)C(=O)N(c3ccccc3)[N]2)cc1. The summed E-state index contributed by atoms with van der Waals surface area (Å²) < 4.78 is 4.73. The monoisotopic (exact) mass is 385 g/mol. The Bertz CT molecular complexity index is 1050. The van der Waals surface area contributed by atoms with E-state index in [0.29, 0.717) is 28.3 Å². The van der Waals surface area contributed by atoms with Crippen LogP contribution >= 0.6 is 0 Å². The van der Waals surface area contributed by atoms with Crippen LogP contribution in [0.1, 0.15) is 15.9 Å². The maximum atomic E-state index is 13.1. The van der Waals surface area contributed by atoms with Gasteiger partial charge in [0.1, 0.15) is 0 Å². The Labute approximate surface area is 167 Å². The standard InChI is InChI=1S/C22H17N4O3/c1-29-21(27)17-14-12-16(13-15-17)20-23-25(18-8-4-2-5-9-18)22(28)26(24-20)19-10-6-3-7-11-19/h2-15H,1H3. The van der Waals surface area contributed by atoms with Crippen molar-refractivity contribution in [2.24, 2.45) is 5.10 Å². The Morgan fingerprint density at radius 2 is 1.34 bits per heavy atom. The lowest BCUT2D eigenvalue weighted by molar-refractivity contribution is 0.0600. The van der Waals surface area contributed by atoms with E-state index in [4.69, 9.17) is 4.74 Å². The first-order chi connectivity index (χ1) is 14.2. The van der Waals surface area contributed by atoms with E-state index in [1.807, 2.05) is 36.4 Å². The minimum absolute atomic E-state index is 0.341. The Morgan fingerprint density at radius 1 is 0.793 bits per heavy atom. The molecule has 4 rings (SSSR count). The normalized spacial score (nSPS) is 13.6. The molecular formula is C22H17N4O3. The first kappa shape index (κ1) is 18.2. The molecular weight excluding hydrogens is 368 g/mol. The second-order valence-corrected chi connectivity index (χ2v) is 6.17. The summed E-state index contributed by atoms with van der Waals surface area (Å²) in [7, 11) is 1.33. The van der Waals surface area contributed by atoms with Gasteiger partial charge < -0.3 is 4.74 Å². The molecule has 0 bridgehead atoms. The lowest BCUT2D eigenvalue weighted by Crippen LogP contribution is -2.52. The van der Waals surface area contributed by atoms with E-state index in [1.54, 1.807) is 48.5 Å². The van der Waals surface area contributed by atoms with Crippen LogP contribution in [0.25, 0.3) is 0 Å². The number of urea groups is 1. The molecule has 0 aromatic heterocycles. The quantitative estimate of drug-likeness (QED) is 0.641. The maximum Gasteiger partial charge on any atom is 0.370 e. The van der Waals surface area contributed by atoms with Gasteiger partial charge in [-0.15, -0.1) is 10.5 Å². The second-order valence-electron chi connectivity index (χ2n) is 6.17. The molecule has 1 radical (unpaired) electrons. The number of benzene rings is 3. The number of amidine groups is 1. The number of methoxy groups -OCH3 is 1. The van der Waals surface area contributed by atoms with Crippen molar-refractivity contribution in [1.82, 2.24) is 5.43 Å². The molecule has 7 heteroatoms. The highest BCUT2D eigenvalue weighted by atomic mass is 16.5. The molecule has 0 aliphatic carbocycles. The second kappa shape index (κ2) is 7.85. The number of hydrogen-bond acceptors (Lipinski definition) is 4. The van der Waals surface area contributed by atoms with Crippen molar-refractivity contribution in [2.45, 2.75) is 0 Å². The number of carbonyl (C=O) groups excluding carboxylic acids is 2. The van der Waals surface area contributed by atoms with Gasteiger partial charge in [0.15, 0.2) is 5.84 Å². The highest BCUT2D eigenvalue weighted by Crippen LogP contribution is 2.24. The van der Waals surface area contributed by atoms with Crippen LogP contribution in [0, 0.1) is 0 Å². The van der Waals surface area contributed by atoms with Crippen LogP contribution in [0.2, 0.25) is 0 Å². The third-order valence-electron chi connectivity index (χ3n) is 4.32. The summed E-state index contributed by atoms with van der Waals surface area (Å²) in [5.74, 6) is -0.0835. The predicted molar refractivity (Wildman–Crippen MR) is 110 cm³/mol. The number of para-hydroxylation sites is 2. The number of anilines is 2. The molecule has 0 saturated heterocycles. The maximum absolute atomic E-state index is 13.1. The molecule has 3 aromatic carbocycles. The number of esters is 1. The molecule has 1 aliphatic heterocycles. The van der Waals surface area contributed by atoms with Gasteiger partial charge in [0.2, 0.25) is 0 Å². The van der Waals surface area contributed by atoms with Gasteiger partial charge in [0.25, 0.3) is 0 Å². The van der Waals surface area contributed by atoms with Crippen molar-refractivity contribution in [3.05, 3.63) is 96.1 Å². The van der Waals surface area contributed by atoms with Crippen molar-refractivity contribution in [3.8, 4) is 0 Å². The summed E-state index contributed by atoms with van der Waals surface area (Å²) >= 11 is 0. The zero-order chi connectivity index (χ0) is 20.2.